The molecule has 1 heterocycles. The lowest BCUT2D eigenvalue weighted by Crippen LogP contribution is -2.35. The van der Waals surface area contributed by atoms with E-state index < -0.39 is 0 Å². The second-order valence-corrected chi connectivity index (χ2v) is 7.50. The maximum absolute atomic E-state index is 3.77. The predicted molar refractivity (Wildman–Crippen MR) is 83.7 cm³/mol. The molecular weight excluding hydrogens is 238 g/mol. The Hall–Kier alpha value is -0.630. The van der Waals surface area contributed by atoms with Crippen LogP contribution >= 0.6 is 11.8 Å². The number of benzene rings is 1. The van der Waals surface area contributed by atoms with E-state index in [2.05, 4.69) is 69.0 Å². The fourth-order valence-corrected chi connectivity index (χ4v) is 3.98. The lowest BCUT2D eigenvalue weighted by Gasteiger charge is -2.36. The van der Waals surface area contributed by atoms with Crippen LogP contribution in [0.2, 0.25) is 0 Å². The second-order valence-electron chi connectivity index (χ2n) is 6.47. The molecule has 1 aromatic carbocycles. The zero-order valence-electron chi connectivity index (χ0n) is 12.0. The van der Waals surface area contributed by atoms with Gasteiger partial charge in [-0.05, 0) is 35.1 Å². The van der Waals surface area contributed by atoms with E-state index >= 15 is 0 Å². The Kier molecular flexibility index (Phi) is 4.26. The zero-order valence-corrected chi connectivity index (χ0v) is 12.8. The van der Waals surface area contributed by atoms with Gasteiger partial charge in [-0.25, -0.2) is 0 Å². The normalized spacial score (nSPS) is 23.1. The van der Waals surface area contributed by atoms with Gasteiger partial charge in [-0.2, -0.15) is 11.8 Å². The molecule has 0 aliphatic carbocycles. The van der Waals surface area contributed by atoms with Gasteiger partial charge < -0.3 is 5.32 Å². The minimum atomic E-state index is 0.466. The van der Waals surface area contributed by atoms with Crippen molar-refractivity contribution in [1.82, 2.24) is 0 Å². The molecular formula is C16H25NS. The van der Waals surface area contributed by atoms with Crippen LogP contribution in [-0.2, 0) is 0 Å². The average Bonchev–Trinajstić information content (AvgIpc) is 2.28. The smallest absolute Gasteiger partial charge is 0.0377 e. The van der Waals surface area contributed by atoms with Gasteiger partial charge in [0.25, 0.3) is 0 Å². The third kappa shape index (κ3) is 3.44. The third-order valence-electron chi connectivity index (χ3n) is 3.55. The first kappa shape index (κ1) is 13.8. The first-order chi connectivity index (χ1) is 8.48. The summed E-state index contributed by atoms with van der Waals surface area (Å²) in [6.45, 7) is 9.28. The minimum Gasteiger partial charge on any atom is -0.381 e. The van der Waals surface area contributed by atoms with E-state index in [-0.39, 0.29) is 0 Å². The lowest BCUT2D eigenvalue weighted by atomic mass is 9.87. The molecule has 1 aromatic rings. The number of anilines is 1. The second kappa shape index (κ2) is 5.56. The summed E-state index contributed by atoms with van der Waals surface area (Å²) in [6.07, 6.45) is 1.27. The van der Waals surface area contributed by atoms with Gasteiger partial charge in [0.15, 0.2) is 0 Å². The third-order valence-corrected chi connectivity index (χ3v) is 5.18. The van der Waals surface area contributed by atoms with E-state index in [9.17, 15) is 0 Å². The molecule has 0 spiro atoms. The standard InChI is InChI=1S/C16H25NS/c1-12(2)14-7-5-6-8-15(14)17-13-9-16(3,4)11-18-10-13/h5-8,12-13,17H,9-11H2,1-4H3. The predicted octanol–water partition coefficient (Wildman–Crippen LogP) is 4.75. The zero-order chi connectivity index (χ0) is 13.2. The molecule has 1 unspecified atom stereocenters. The summed E-state index contributed by atoms with van der Waals surface area (Å²) in [7, 11) is 0. The minimum absolute atomic E-state index is 0.466. The molecule has 1 saturated heterocycles. The number of hydrogen-bond acceptors (Lipinski definition) is 2. The molecule has 0 amide bonds. The molecule has 0 aromatic heterocycles. The molecule has 0 bridgehead atoms. The van der Waals surface area contributed by atoms with Crippen molar-refractivity contribution in [2.45, 2.75) is 46.1 Å². The highest BCUT2D eigenvalue weighted by atomic mass is 32.2. The van der Waals surface area contributed by atoms with Crippen molar-refractivity contribution >= 4 is 17.4 Å². The topological polar surface area (TPSA) is 12.0 Å². The van der Waals surface area contributed by atoms with Crippen molar-refractivity contribution in [3.05, 3.63) is 29.8 Å². The van der Waals surface area contributed by atoms with Crippen molar-refractivity contribution in [2.75, 3.05) is 16.8 Å². The Labute approximate surface area is 116 Å². The van der Waals surface area contributed by atoms with Crippen LogP contribution < -0.4 is 5.32 Å². The van der Waals surface area contributed by atoms with Gasteiger partial charge in [-0.3, -0.25) is 0 Å². The maximum atomic E-state index is 3.77. The molecule has 1 aliphatic heterocycles. The SMILES string of the molecule is CC(C)c1ccccc1NC1CSCC(C)(C)C1. The maximum Gasteiger partial charge on any atom is 0.0377 e. The van der Waals surface area contributed by atoms with Gasteiger partial charge in [0.05, 0.1) is 0 Å². The van der Waals surface area contributed by atoms with Crippen LogP contribution in [0.1, 0.15) is 45.6 Å². The van der Waals surface area contributed by atoms with Crippen molar-refractivity contribution in [3.63, 3.8) is 0 Å². The highest BCUT2D eigenvalue weighted by molar-refractivity contribution is 7.99. The molecule has 0 saturated carbocycles. The van der Waals surface area contributed by atoms with E-state index in [1.807, 2.05) is 0 Å². The van der Waals surface area contributed by atoms with Crippen LogP contribution in [0.4, 0.5) is 5.69 Å². The van der Waals surface area contributed by atoms with Gasteiger partial charge >= 0.3 is 0 Å². The molecule has 1 atom stereocenters. The van der Waals surface area contributed by atoms with Crippen LogP contribution in [-0.4, -0.2) is 17.5 Å². The fraction of sp³-hybridized carbons (Fsp3) is 0.625. The highest BCUT2D eigenvalue weighted by Crippen LogP contribution is 2.35. The first-order valence-corrected chi connectivity index (χ1v) is 8.07. The number of thioether (sulfide) groups is 1. The molecule has 2 heteroatoms. The summed E-state index contributed by atoms with van der Waals surface area (Å²) in [6, 6.07) is 9.35. The van der Waals surface area contributed by atoms with Gasteiger partial charge in [0.1, 0.15) is 0 Å². The Morgan fingerprint density at radius 3 is 2.67 bits per heavy atom. The quantitative estimate of drug-likeness (QED) is 0.844. The fourth-order valence-electron chi connectivity index (χ4n) is 2.71. The molecule has 0 radical (unpaired) electrons. The van der Waals surface area contributed by atoms with Crippen LogP contribution in [0.3, 0.4) is 0 Å². The molecule has 1 aliphatic rings. The van der Waals surface area contributed by atoms with Gasteiger partial charge in [-0.1, -0.05) is 45.9 Å². The average molecular weight is 263 g/mol. The summed E-state index contributed by atoms with van der Waals surface area (Å²) in [4.78, 5) is 0. The van der Waals surface area contributed by atoms with E-state index in [1.165, 1.54) is 29.2 Å². The molecule has 18 heavy (non-hydrogen) atoms. The van der Waals surface area contributed by atoms with E-state index in [0.717, 1.165) is 0 Å². The van der Waals surface area contributed by atoms with E-state index in [0.29, 0.717) is 17.4 Å². The Balaban J connectivity index is 2.09. The first-order valence-electron chi connectivity index (χ1n) is 6.91. The van der Waals surface area contributed by atoms with Crippen molar-refractivity contribution in [3.8, 4) is 0 Å². The van der Waals surface area contributed by atoms with Gasteiger partial charge in [-0.15, -0.1) is 0 Å². The molecule has 1 fully saturated rings. The summed E-state index contributed by atoms with van der Waals surface area (Å²) >= 11 is 2.08. The summed E-state index contributed by atoms with van der Waals surface area (Å²) in [5.41, 5.74) is 3.23. The van der Waals surface area contributed by atoms with Crippen LogP contribution in [0.15, 0.2) is 24.3 Å². The Morgan fingerprint density at radius 2 is 2.00 bits per heavy atom. The largest absolute Gasteiger partial charge is 0.381 e. The number of rotatable bonds is 3. The van der Waals surface area contributed by atoms with E-state index in [4.69, 9.17) is 0 Å². The lowest BCUT2D eigenvalue weighted by molar-refractivity contribution is 0.358. The molecule has 2 rings (SSSR count). The van der Waals surface area contributed by atoms with Gasteiger partial charge in [0.2, 0.25) is 0 Å². The number of nitrogens with one attached hydrogen (secondary N) is 1. The Morgan fingerprint density at radius 1 is 1.28 bits per heavy atom. The van der Waals surface area contributed by atoms with Crippen LogP contribution in [0.25, 0.3) is 0 Å². The van der Waals surface area contributed by atoms with Crippen molar-refractivity contribution < 1.29 is 0 Å². The monoisotopic (exact) mass is 263 g/mol. The molecule has 1 N–H and O–H groups in total. The van der Waals surface area contributed by atoms with Crippen molar-refractivity contribution in [1.29, 1.82) is 0 Å². The Bertz CT molecular complexity index is 398. The molecule has 100 valence electrons. The summed E-state index contributed by atoms with van der Waals surface area (Å²) in [5, 5.41) is 3.77. The van der Waals surface area contributed by atoms with E-state index in [1.54, 1.807) is 0 Å². The highest BCUT2D eigenvalue weighted by Gasteiger charge is 2.28. The molecule has 1 nitrogen and oxygen atoms in total. The van der Waals surface area contributed by atoms with Gasteiger partial charge in [0, 0.05) is 17.5 Å². The van der Waals surface area contributed by atoms with Crippen LogP contribution in [0.5, 0.6) is 0 Å². The summed E-state index contributed by atoms with van der Waals surface area (Å²) in [5.74, 6) is 3.10. The van der Waals surface area contributed by atoms with Crippen LogP contribution in [0, 0.1) is 5.41 Å². The number of para-hydroxylation sites is 1. The summed E-state index contributed by atoms with van der Waals surface area (Å²) < 4.78 is 0. The van der Waals surface area contributed by atoms with Crippen molar-refractivity contribution in [2.24, 2.45) is 5.41 Å². The number of hydrogen-bond donors (Lipinski definition) is 1.